The number of Topliss-reactive ketones (excluding diaryl/α,β-unsaturated/α-hetero) is 1. The van der Waals surface area contributed by atoms with Crippen molar-refractivity contribution in [3.8, 4) is 0 Å². The van der Waals surface area contributed by atoms with Crippen LogP contribution in [0.15, 0.2) is 11.8 Å². The van der Waals surface area contributed by atoms with Crippen molar-refractivity contribution in [3.63, 3.8) is 0 Å². The van der Waals surface area contributed by atoms with Gasteiger partial charge in [-0.3, -0.25) is 14.4 Å². The number of rotatable bonds is 7. The molecule has 1 N–H and O–H groups in total. The molecule has 0 heterocycles. The molecular formula is C29H47NO6. The summed E-state index contributed by atoms with van der Waals surface area (Å²) >= 11 is 0. The second kappa shape index (κ2) is 10.6. The lowest BCUT2D eigenvalue weighted by molar-refractivity contribution is -0.191. The fourth-order valence-electron chi connectivity index (χ4n) is 7.34. The van der Waals surface area contributed by atoms with Crippen LogP contribution >= 0.6 is 0 Å². The van der Waals surface area contributed by atoms with Crippen LogP contribution in [0.25, 0.3) is 0 Å². The van der Waals surface area contributed by atoms with Crippen molar-refractivity contribution in [1.82, 2.24) is 4.90 Å². The zero-order valence-electron chi connectivity index (χ0n) is 23.6. The molecule has 3 aliphatic rings. The average Bonchev–Trinajstić information content (AvgIpc) is 2.74. The number of fused-ring (bicyclic) bond motifs is 3. The highest BCUT2D eigenvalue weighted by atomic mass is 16.5. The van der Waals surface area contributed by atoms with Crippen LogP contribution in [0.2, 0.25) is 0 Å². The van der Waals surface area contributed by atoms with Crippen molar-refractivity contribution in [2.45, 2.75) is 98.2 Å². The average molecular weight is 506 g/mol. The number of carbonyl (C=O) groups excluding carboxylic acids is 3. The van der Waals surface area contributed by atoms with Crippen molar-refractivity contribution in [1.29, 1.82) is 0 Å². The molecule has 0 bridgehead atoms. The molecule has 36 heavy (non-hydrogen) atoms. The molecule has 0 aromatic carbocycles. The molecule has 0 unspecified atom stereocenters. The van der Waals surface area contributed by atoms with E-state index in [4.69, 9.17) is 9.47 Å². The summed E-state index contributed by atoms with van der Waals surface area (Å²) in [7, 11) is 3.85. The number of aliphatic hydroxyl groups is 1. The van der Waals surface area contributed by atoms with Crippen LogP contribution in [0, 0.1) is 34.5 Å². The smallest absolute Gasteiger partial charge is 0.311 e. The van der Waals surface area contributed by atoms with Gasteiger partial charge in [0.2, 0.25) is 0 Å². The van der Waals surface area contributed by atoms with E-state index >= 15 is 0 Å². The van der Waals surface area contributed by atoms with Gasteiger partial charge in [-0.1, -0.05) is 27.7 Å². The predicted molar refractivity (Wildman–Crippen MR) is 138 cm³/mol. The van der Waals surface area contributed by atoms with Crippen LogP contribution in [-0.4, -0.2) is 60.1 Å². The molecule has 0 radical (unpaired) electrons. The lowest BCUT2D eigenvalue weighted by Crippen LogP contribution is -2.60. The third kappa shape index (κ3) is 6.04. The van der Waals surface area contributed by atoms with Crippen LogP contribution in [0.5, 0.6) is 0 Å². The van der Waals surface area contributed by atoms with Crippen LogP contribution in [0.4, 0.5) is 0 Å². The Morgan fingerprint density at radius 3 is 2.44 bits per heavy atom. The number of carbonyl (C=O) groups is 3. The van der Waals surface area contributed by atoms with Crippen molar-refractivity contribution in [2.24, 2.45) is 34.5 Å². The topological polar surface area (TPSA) is 93.1 Å². The minimum Gasteiger partial charge on any atom is -0.462 e. The van der Waals surface area contributed by atoms with Gasteiger partial charge in [0.1, 0.15) is 11.9 Å². The van der Waals surface area contributed by atoms with Gasteiger partial charge in [-0.05, 0) is 82.4 Å². The van der Waals surface area contributed by atoms with Gasteiger partial charge < -0.3 is 19.5 Å². The fraction of sp³-hybridized carbons (Fsp3) is 0.828. The predicted octanol–water partition coefficient (Wildman–Crippen LogP) is 4.52. The molecule has 3 fully saturated rings. The Labute approximate surface area is 217 Å². The summed E-state index contributed by atoms with van der Waals surface area (Å²) in [5.41, 5.74) is -0.422. The fourth-order valence-corrected chi connectivity index (χ4v) is 7.34. The number of esters is 2. The number of ether oxygens (including phenoxy) is 2. The minimum absolute atomic E-state index is 0.0244. The van der Waals surface area contributed by atoms with Gasteiger partial charge in [0.15, 0.2) is 0 Å². The zero-order valence-corrected chi connectivity index (χ0v) is 23.6. The molecule has 3 aliphatic carbocycles. The van der Waals surface area contributed by atoms with Crippen molar-refractivity contribution in [3.05, 3.63) is 11.8 Å². The van der Waals surface area contributed by atoms with Gasteiger partial charge in [-0.2, -0.15) is 0 Å². The van der Waals surface area contributed by atoms with E-state index in [1.807, 2.05) is 19.0 Å². The number of allylic oxidation sites excluding steroid dienone is 1. The molecule has 7 heteroatoms. The van der Waals surface area contributed by atoms with E-state index in [2.05, 4.69) is 27.7 Å². The van der Waals surface area contributed by atoms with Crippen LogP contribution in [-0.2, 0) is 23.9 Å². The maximum Gasteiger partial charge on any atom is 0.311 e. The number of hydrogen-bond acceptors (Lipinski definition) is 7. The van der Waals surface area contributed by atoms with Crippen LogP contribution in [0.1, 0.15) is 86.5 Å². The highest BCUT2D eigenvalue weighted by Crippen LogP contribution is 2.64. The van der Waals surface area contributed by atoms with Gasteiger partial charge >= 0.3 is 11.9 Å². The van der Waals surface area contributed by atoms with Gasteiger partial charge in [-0.15, -0.1) is 0 Å². The van der Waals surface area contributed by atoms with E-state index in [1.54, 1.807) is 20.1 Å². The van der Waals surface area contributed by atoms with E-state index in [0.717, 1.165) is 31.3 Å². The van der Waals surface area contributed by atoms with E-state index in [0.29, 0.717) is 19.4 Å². The maximum absolute atomic E-state index is 13.6. The minimum atomic E-state index is -1.11. The Morgan fingerprint density at radius 2 is 1.83 bits per heavy atom. The Kier molecular flexibility index (Phi) is 8.46. The van der Waals surface area contributed by atoms with E-state index < -0.39 is 5.60 Å². The van der Waals surface area contributed by atoms with Crippen molar-refractivity contribution < 1.29 is 29.0 Å². The van der Waals surface area contributed by atoms with Crippen LogP contribution < -0.4 is 0 Å². The SMILES string of the molecule is C[C@H]1/C(=C\OC(=O)CCN(C)C)CC[C@H]2[C@H]1C(=O)C[C@H]1C(C)(C)[C@@H](OC(=O)CC(C)(C)O)CC[C@]21C. The molecule has 3 rings (SSSR count). The Hall–Kier alpha value is -1.73. The lowest BCUT2D eigenvalue weighted by Gasteiger charge is -2.62. The van der Waals surface area contributed by atoms with Gasteiger partial charge in [0, 0.05) is 24.3 Å². The molecule has 0 aromatic heterocycles. The van der Waals surface area contributed by atoms with E-state index in [-0.39, 0.29) is 64.7 Å². The maximum atomic E-state index is 13.6. The Bertz CT molecular complexity index is 885. The molecule has 204 valence electrons. The summed E-state index contributed by atoms with van der Waals surface area (Å²) in [5.74, 6) is -0.00669. The summed E-state index contributed by atoms with van der Waals surface area (Å²) in [5, 5.41) is 10.0. The molecular weight excluding hydrogens is 458 g/mol. The first-order valence-electron chi connectivity index (χ1n) is 13.5. The van der Waals surface area contributed by atoms with E-state index in [1.165, 1.54) is 0 Å². The normalized spacial score (nSPS) is 35.2. The first-order chi connectivity index (χ1) is 16.6. The standard InChI is InChI=1S/C29H47NO6/c1-18-19(17-35-24(32)12-14-30(7)8)9-10-20-26(18)21(31)15-22-28(4,5)23(11-13-29(20,22)6)36-25(33)16-27(2,3)34/h17-18,20,22-23,26,34H,9-16H2,1-8H3/b19-17-/t18-,20-,22-,23-,26-,29+/m0/s1. The van der Waals surface area contributed by atoms with Gasteiger partial charge in [-0.25, -0.2) is 0 Å². The second-order valence-corrected chi connectivity index (χ2v) is 13.3. The summed E-state index contributed by atoms with van der Waals surface area (Å²) in [6.07, 6.45) is 5.50. The van der Waals surface area contributed by atoms with E-state index in [9.17, 15) is 19.5 Å². The highest BCUT2D eigenvalue weighted by Gasteiger charge is 2.62. The number of ketones is 1. The summed E-state index contributed by atoms with van der Waals surface area (Å²) in [6.45, 7) is 12.6. The molecule has 0 amide bonds. The summed E-state index contributed by atoms with van der Waals surface area (Å²) in [6, 6.07) is 0. The van der Waals surface area contributed by atoms with Crippen molar-refractivity contribution >= 4 is 17.7 Å². The first-order valence-corrected chi connectivity index (χ1v) is 13.5. The number of hydrogen-bond donors (Lipinski definition) is 1. The molecule has 3 saturated carbocycles. The molecule has 0 spiro atoms. The highest BCUT2D eigenvalue weighted by molar-refractivity contribution is 5.84. The van der Waals surface area contributed by atoms with Gasteiger partial charge in [0.25, 0.3) is 0 Å². The largest absolute Gasteiger partial charge is 0.462 e. The van der Waals surface area contributed by atoms with Crippen molar-refractivity contribution in [2.75, 3.05) is 20.6 Å². The summed E-state index contributed by atoms with van der Waals surface area (Å²) in [4.78, 5) is 40.2. The Balaban J connectivity index is 1.74. The summed E-state index contributed by atoms with van der Waals surface area (Å²) < 4.78 is 11.4. The molecule has 0 aromatic rings. The van der Waals surface area contributed by atoms with Crippen LogP contribution in [0.3, 0.4) is 0 Å². The molecule has 0 aliphatic heterocycles. The third-order valence-corrected chi connectivity index (χ3v) is 9.35. The monoisotopic (exact) mass is 505 g/mol. The Morgan fingerprint density at radius 1 is 1.17 bits per heavy atom. The zero-order chi connectivity index (χ0) is 27.1. The number of nitrogens with zero attached hydrogens (tertiary/aromatic N) is 1. The molecule has 6 atom stereocenters. The molecule has 7 nitrogen and oxygen atoms in total. The van der Waals surface area contributed by atoms with Gasteiger partial charge in [0.05, 0.1) is 24.7 Å². The molecule has 0 saturated heterocycles. The first kappa shape index (κ1) is 28.8. The lowest BCUT2D eigenvalue weighted by atomic mass is 9.42. The third-order valence-electron chi connectivity index (χ3n) is 9.35. The second-order valence-electron chi connectivity index (χ2n) is 13.3. The quantitative estimate of drug-likeness (QED) is 0.402.